The number of thiazole rings is 1. The van der Waals surface area contributed by atoms with Crippen LogP contribution in [0.25, 0.3) is 11.3 Å². The van der Waals surface area contributed by atoms with E-state index in [-0.39, 0.29) is 5.91 Å². The lowest BCUT2D eigenvalue weighted by molar-refractivity contribution is 0.0773. The van der Waals surface area contributed by atoms with E-state index in [1.165, 1.54) is 11.3 Å². The Morgan fingerprint density at radius 1 is 1.17 bits per heavy atom. The summed E-state index contributed by atoms with van der Waals surface area (Å²) >= 11 is 3.08. The van der Waals surface area contributed by atoms with Crippen LogP contribution >= 0.6 is 23.3 Å². The van der Waals surface area contributed by atoms with Crippen molar-refractivity contribution in [2.45, 2.75) is 4.90 Å². The topological polar surface area (TPSA) is 63.7 Å². The summed E-state index contributed by atoms with van der Waals surface area (Å²) in [4.78, 5) is 18.2. The van der Waals surface area contributed by atoms with Gasteiger partial charge >= 0.3 is 0 Å². The molecule has 0 bridgehead atoms. The highest BCUT2D eigenvalue weighted by Crippen LogP contribution is 2.32. The zero-order chi connectivity index (χ0) is 20.1. The largest absolute Gasteiger partial charge is 0.496 e. The van der Waals surface area contributed by atoms with E-state index >= 15 is 0 Å². The van der Waals surface area contributed by atoms with E-state index in [9.17, 15) is 4.79 Å². The number of carbonyl (C=O) groups excluding carboxylic acids is 1. The molecule has 0 atom stereocenters. The van der Waals surface area contributed by atoms with Crippen molar-refractivity contribution in [1.82, 2.24) is 9.29 Å². The highest BCUT2D eigenvalue weighted by Gasteiger charge is 2.14. The van der Waals surface area contributed by atoms with Gasteiger partial charge in [-0.3, -0.25) is 10.1 Å². The molecule has 1 fully saturated rings. The standard InChI is InChI=1S/C21H21N3O3S2/c1-26-19-5-3-2-4-17(19)18-14-28-21(22-18)23-20(25)15-6-8-16(9-7-15)29-24-10-12-27-13-11-24/h2-9,14H,10-13H2,1H3,(H,22,23,25). The number of carbonyl (C=O) groups is 1. The van der Waals surface area contributed by atoms with Crippen LogP contribution in [0.1, 0.15) is 10.4 Å². The normalized spacial score (nSPS) is 14.5. The van der Waals surface area contributed by atoms with Crippen molar-refractivity contribution in [2.24, 2.45) is 0 Å². The number of nitrogens with zero attached hydrogens (tertiary/aromatic N) is 2. The predicted molar refractivity (Wildman–Crippen MR) is 117 cm³/mol. The molecule has 1 aliphatic rings. The van der Waals surface area contributed by atoms with Crippen LogP contribution < -0.4 is 10.1 Å². The van der Waals surface area contributed by atoms with Crippen molar-refractivity contribution < 1.29 is 14.3 Å². The highest BCUT2D eigenvalue weighted by atomic mass is 32.2. The number of rotatable bonds is 6. The Hall–Kier alpha value is -2.39. The van der Waals surface area contributed by atoms with Gasteiger partial charge in [-0.1, -0.05) is 12.1 Å². The molecule has 0 radical (unpaired) electrons. The first-order chi connectivity index (χ1) is 14.2. The first kappa shape index (κ1) is 19.9. The van der Waals surface area contributed by atoms with Gasteiger partial charge in [-0.15, -0.1) is 11.3 Å². The molecule has 1 aliphatic heterocycles. The Balaban J connectivity index is 1.40. The zero-order valence-electron chi connectivity index (χ0n) is 16.0. The third-order valence-corrected chi connectivity index (χ3v) is 6.29. The molecule has 2 aromatic carbocycles. The first-order valence-corrected chi connectivity index (χ1v) is 10.9. The molecule has 2 heterocycles. The Bertz CT molecular complexity index is 969. The maximum absolute atomic E-state index is 12.6. The van der Waals surface area contributed by atoms with E-state index in [1.54, 1.807) is 19.1 Å². The fraction of sp³-hybridized carbons (Fsp3) is 0.238. The maximum atomic E-state index is 12.6. The third-order valence-electron chi connectivity index (χ3n) is 4.43. The van der Waals surface area contributed by atoms with Crippen molar-refractivity contribution in [3.05, 3.63) is 59.5 Å². The van der Waals surface area contributed by atoms with Gasteiger partial charge in [-0.05, 0) is 48.3 Å². The summed E-state index contributed by atoms with van der Waals surface area (Å²) in [6, 6.07) is 15.3. The molecule has 8 heteroatoms. The lowest BCUT2D eigenvalue weighted by Gasteiger charge is -2.25. The molecule has 150 valence electrons. The number of para-hydroxylation sites is 1. The van der Waals surface area contributed by atoms with Gasteiger partial charge in [0.1, 0.15) is 5.75 Å². The fourth-order valence-electron chi connectivity index (χ4n) is 2.93. The molecule has 4 rings (SSSR count). The minimum Gasteiger partial charge on any atom is -0.496 e. The number of nitrogens with one attached hydrogen (secondary N) is 1. The molecule has 0 saturated carbocycles. The number of benzene rings is 2. The second-order valence-electron chi connectivity index (χ2n) is 6.35. The number of amides is 1. The van der Waals surface area contributed by atoms with Crippen molar-refractivity contribution in [1.29, 1.82) is 0 Å². The quantitative estimate of drug-likeness (QED) is 0.588. The van der Waals surface area contributed by atoms with Crippen LogP contribution in [0, 0.1) is 0 Å². The molecule has 3 aromatic rings. The lowest BCUT2D eigenvalue weighted by Crippen LogP contribution is -2.30. The van der Waals surface area contributed by atoms with E-state index in [4.69, 9.17) is 9.47 Å². The van der Waals surface area contributed by atoms with Crippen molar-refractivity contribution >= 4 is 34.3 Å². The molecule has 1 aromatic heterocycles. The lowest BCUT2D eigenvalue weighted by atomic mass is 10.1. The van der Waals surface area contributed by atoms with Crippen LogP contribution in [0.3, 0.4) is 0 Å². The van der Waals surface area contributed by atoms with Gasteiger partial charge in [-0.25, -0.2) is 9.29 Å². The Morgan fingerprint density at radius 3 is 2.69 bits per heavy atom. The van der Waals surface area contributed by atoms with Gasteiger partial charge in [0.15, 0.2) is 5.13 Å². The monoisotopic (exact) mass is 427 g/mol. The molecule has 1 saturated heterocycles. The number of ether oxygens (including phenoxy) is 2. The number of methoxy groups -OCH3 is 1. The van der Waals surface area contributed by atoms with Crippen LogP contribution in [0.2, 0.25) is 0 Å². The summed E-state index contributed by atoms with van der Waals surface area (Å²) < 4.78 is 13.0. The molecule has 1 N–H and O–H groups in total. The van der Waals surface area contributed by atoms with E-state index in [1.807, 2.05) is 53.9 Å². The number of hydrogen-bond acceptors (Lipinski definition) is 7. The molecule has 0 spiro atoms. The van der Waals surface area contributed by atoms with E-state index in [0.717, 1.165) is 48.2 Å². The molecule has 0 unspecified atom stereocenters. The van der Waals surface area contributed by atoms with Gasteiger partial charge in [0.25, 0.3) is 5.91 Å². The summed E-state index contributed by atoms with van der Waals surface area (Å²) in [7, 11) is 1.63. The number of hydrogen-bond donors (Lipinski definition) is 1. The van der Waals surface area contributed by atoms with Crippen molar-refractivity contribution in [3.8, 4) is 17.0 Å². The Morgan fingerprint density at radius 2 is 1.93 bits per heavy atom. The van der Waals surface area contributed by atoms with Gasteiger partial charge < -0.3 is 9.47 Å². The highest BCUT2D eigenvalue weighted by molar-refractivity contribution is 7.97. The average Bonchev–Trinajstić information content (AvgIpc) is 3.23. The molecular formula is C21H21N3O3S2. The Kier molecular flexibility index (Phi) is 6.46. The maximum Gasteiger partial charge on any atom is 0.257 e. The van der Waals surface area contributed by atoms with Gasteiger partial charge in [0, 0.05) is 34.5 Å². The van der Waals surface area contributed by atoms with E-state index < -0.39 is 0 Å². The van der Waals surface area contributed by atoms with Gasteiger partial charge in [-0.2, -0.15) is 0 Å². The van der Waals surface area contributed by atoms with E-state index in [2.05, 4.69) is 14.6 Å². The number of aromatic nitrogens is 1. The molecule has 29 heavy (non-hydrogen) atoms. The molecule has 0 aliphatic carbocycles. The number of morpholine rings is 1. The van der Waals surface area contributed by atoms with Crippen molar-refractivity contribution in [2.75, 3.05) is 38.7 Å². The van der Waals surface area contributed by atoms with E-state index in [0.29, 0.717) is 10.7 Å². The predicted octanol–water partition coefficient (Wildman–Crippen LogP) is 4.41. The molecule has 6 nitrogen and oxygen atoms in total. The van der Waals surface area contributed by atoms with Crippen LogP contribution in [0.15, 0.2) is 58.8 Å². The number of anilines is 1. The third kappa shape index (κ3) is 4.97. The Labute approximate surface area is 178 Å². The summed E-state index contributed by atoms with van der Waals surface area (Å²) in [6.45, 7) is 3.34. The second-order valence-corrected chi connectivity index (χ2v) is 8.38. The molecule has 1 amide bonds. The summed E-state index contributed by atoms with van der Waals surface area (Å²) in [5.74, 6) is 0.581. The smallest absolute Gasteiger partial charge is 0.257 e. The SMILES string of the molecule is COc1ccccc1-c1csc(NC(=O)c2ccc(SN3CCOCC3)cc2)n1. The summed E-state index contributed by atoms with van der Waals surface area (Å²) in [6.07, 6.45) is 0. The van der Waals surface area contributed by atoms with Crippen LogP contribution in [-0.2, 0) is 4.74 Å². The van der Waals surface area contributed by atoms with Crippen LogP contribution in [0.4, 0.5) is 5.13 Å². The zero-order valence-corrected chi connectivity index (χ0v) is 17.6. The minimum absolute atomic E-state index is 0.172. The summed E-state index contributed by atoms with van der Waals surface area (Å²) in [5.41, 5.74) is 2.28. The van der Waals surface area contributed by atoms with Gasteiger partial charge in [0.05, 0.1) is 26.0 Å². The first-order valence-electron chi connectivity index (χ1n) is 9.24. The minimum atomic E-state index is -0.172. The second kappa shape index (κ2) is 9.41. The fourth-order valence-corrected chi connectivity index (χ4v) is 4.53. The molecular weight excluding hydrogens is 406 g/mol. The van der Waals surface area contributed by atoms with Crippen LogP contribution in [0.5, 0.6) is 5.75 Å². The summed E-state index contributed by atoms with van der Waals surface area (Å²) in [5, 5.41) is 5.35. The average molecular weight is 428 g/mol. The van der Waals surface area contributed by atoms with Crippen LogP contribution in [-0.4, -0.2) is 48.6 Å². The van der Waals surface area contributed by atoms with Gasteiger partial charge in [0.2, 0.25) is 0 Å². The van der Waals surface area contributed by atoms with Crippen molar-refractivity contribution in [3.63, 3.8) is 0 Å².